The molecule has 0 bridgehead atoms. The Morgan fingerprint density at radius 3 is 1.96 bits per heavy atom. The van der Waals surface area contributed by atoms with Crippen molar-refractivity contribution in [3.8, 4) is 0 Å². The zero-order chi connectivity index (χ0) is 17.3. The van der Waals surface area contributed by atoms with Gasteiger partial charge in [-0.1, -0.05) is 64.1 Å². The van der Waals surface area contributed by atoms with E-state index in [1.807, 2.05) is 12.3 Å². The number of halogens is 1. The van der Waals surface area contributed by atoms with Crippen molar-refractivity contribution in [2.24, 2.45) is 0 Å². The van der Waals surface area contributed by atoms with Gasteiger partial charge in [0, 0.05) is 15.1 Å². The first-order chi connectivity index (χ1) is 11.5. The number of pyridine rings is 1. The average Bonchev–Trinajstić information content (AvgIpc) is 2.56. The molecule has 0 spiro atoms. The summed E-state index contributed by atoms with van der Waals surface area (Å²) >= 11 is 2.53. The van der Waals surface area contributed by atoms with E-state index in [9.17, 15) is 0 Å². The summed E-state index contributed by atoms with van der Waals surface area (Å²) in [5.41, 5.74) is 1.17. The summed E-state index contributed by atoms with van der Waals surface area (Å²) in [7, 11) is -1.98. The molecule has 0 aliphatic heterocycles. The lowest BCUT2D eigenvalue weighted by molar-refractivity contribution is 0.922. The molecule has 3 heteroatoms. The standard InChI is InChI=1S/C21H24INSi/c1-15(2)24(16(3)4,21-11-7-8-12-23-21)20-14-18-10-6-5-9-17(18)13-19(20)22/h5-16H,1-4H3. The lowest BCUT2D eigenvalue weighted by Crippen LogP contribution is -2.64. The third-order valence-corrected chi connectivity index (χ3v) is 12.7. The van der Waals surface area contributed by atoms with Crippen LogP contribution < -0.4 is 10.5 Å². The van der Waals surface area contributed by atoms with E-state index < -0.39 is 8.07 Å². The molecule has 124 valence electrons. The highest BCUT2D eigenvalue weighted by atomic mass is 127. The molecular weight excluding hydrogens is 421 g/mol. The summed E-state index contributed by atoms with van der Waals surface area (Å²) in [5.74, 6) is 0. The number of benzene rings is 2. The van der Waals surface area contributed by atoms with Crippen LogP contribution in [0.2, 0.25) is 11.1 Å². The largest absolute Gasteiger partial charge is 0.266 e. The van der Waals surface area contributed by atoms with E-state index in [0.717, 1.165) is 0 Å². The van der Waals surface area contributed by atoms with Crippen LogP contribution in [0, 0.1) is 3.57 Å². The highest BCUT2D eigenvalue weighted by molar-refractivity contribution is 14.1. The van der Waals surface area contributed by atoms with Crippen LogP contribution in [0.15, 0.2) is 60.8 Å². The maximum absolute atomic E-state index is 4.85. The lowest BCUT2D eigenvalue weighted by Gasteiger charge is -2.40. The smallest absolute Gasteiger partial charge is 0.147 e. The molecule has 2 aromatic carbocycles. The fourth-order valence-corrected chi connectivity index (χ4v) is 11.5. The van der Waals surface area contributed by atoms with Crippen LogP contribution in [-0.2, 0) is 0 Å². The van der Waals surface area contributed by atoms with Gasteiger partial charge in [-0.05, 0) is 67.8 Å². The molecule has 0 saturated heterocycles. The van der Waals surface area contributed by atoms with Gasteiger partial charge in [-0.15, -0.1) is 0 Å². The van der Waals surface area contributed by atoms with Gasteiger partial charge >= 0.3 is 0 Å². The van der Waals surface area contributed by atoms with E-state index in [1.165, 1.54) is 24.8 Å². The Hall–Kier alpha value is -1.20. The Kier molecular flexibility index (Phi) is 5.11. The van der Waals surface area contributed by atoms with Crippen LogP contribution in [0.1, 0.15) is 27.7 Å². The van der Waals surface area contributed by atoms with Crippen LogP contribution >= 0.6 is 22.6 Å². The van der Waals surface area contributed by atoms with Crippen molar-refractivity contribution < 1.29 is 0 Å². The fourth-order valence-electron chi connectivity index (χ4n) is 4.16. The van der Waals surface area contributed by atoms with Gasteiger partial charge in [-0.25, -0.2) is 0 Å². The quantitative estimate of drug-likeness (QED) is 0.396. The summed E-state index contributed by atoms with van der Waals surface area (Å²) in [6, 6.07) is 19.9. The van der Waals surface area contributed by atoms with Crippen LogP contribution in [-0.4, -0.2) is 13.1 Å². The predicted molar refractivity (Wildman–Crippen MR) is 116 cm³/mol. The third-order valence-electron chi connectivity index (χ3n) is 5.19. The second-order valence-electron chi connectivity index (χ2n) is 7.07. The molecule has 1 heterocycles. The molecule has 0 N–H and O–H groups in total. The zero-order valence-corrected chi connectivity index (χ0v) is 17.9. The Labute approximate surface area is 159 Å². The molecule has 0 radical (unpaired) electrons. The van der Waals surface area contributed by atoms with Gasteiger partial charge in [0.05, 0.1) is 0 Å². The molecule has 3 aromatic rings. The summed E-state index contributed by atoms with van der Waals surface area (Å²) in [6.45, 7) is 9.52. The monoisotopic (exact) mass is 445 g/mol. The second-order valence-corrected chi connectivity index (χ2v) is 13.3. The molecule has 0 unspecified atom stereocenters. The maximum atomic E-state index is 4.85. The second kappa shape index (κ2) is 6.96. The zero-order valence-electron chi connectivity index (χ0n) is 14.8. The molecule has 0 atom stereocenters. The van der Waals surface area contributed by atoms with Gasteiger partial charge in [-0.2, -0.15) is 0 Å². The first kappa shape index (κ1) is 17.6. The van der Waals surface area contributed by atoms with Crippen LogP contribution in [0.3, 0.4) is 0 Å². The molecule has 24 heavy (non-hydrogen) atoms. The highest BCUT2D eigenvalue weighted by Gasteiger charge is 2.46. The van der Waals surface area contributed by atoms with Crippen molar-refractivity contribution in [1.82, 2.24) is 4.98 Å². The van der Waals surface area contributed by atoms with E-state index in [2.05, 4.69) is 98.8 Å². The van der Waals surface area contributed by atoms with Crippen molar-refractivity contribution in [3.05, 3.63) is 64.4 Å². The molecule has 0 fully saturated rings. The minimum absolute atomic E-state index is 0.585. The molecule has 1 aromatic heterocycles. The third kappa shape index (κ3) is 2.82. The fraction of sp³-hybridized carbons (Fsp3) is 0.286. The van der Waals surface area contributed by atoms with Crippen molar-refractivity contribution in [2.75, 3.05) is 0 Å². The normalized spacial score (nSPS) is 12.3. The summed E-state index contributed by atoms with van der Waals surface area (Å²) in [6.07, 6.45) is 1.95. The number of aromatic nitrogens is 1. The average molecular weight is 445 g/mol. The predicted octanol–water partition coefficient (Wildman–Crippen LogP) is 5.22. The molecular formula is C21H24INSi. The van der Waals surface area contributed by atoms with Gasteiger partial charge in [0.1, 0.15) is 8.07 Å². The maximum Gasteiger partial charge on any atom is 0.147 e. The molecule has 0 aliphatic rings. The van der Waals surface area contributed by atoms with E-state index in [0.29, 0.717) is 11.1 Å². The van der Waals surface area contributed by atoms with Crippen molar-refractivity contribution in [1.29, 1.82) is 0 Å². The molecule has 0 saturated carbocycles. The van der Waals surface area contributed by atoms with Gasteiger partial charge in [0.2, 0.25) is 0 Å². The van der Waals surface area contributed by atoms with E-state index in [-0.39, 0.29) is 0 Å². The van der Waals surface area contributed by atoms with E-state index >= 15 is 0 Å². The van der Waals surface area contributed by atoms with Gasteiger partial charge in [0.25, 0.3) is 0 Å². The number of fused-ring (bicyclic) bond motifs is 1. The van der Waals surface area contributed by atoms with Crippen LogP contribution in [0.5, 0.6) is 0 Å². The summed E-state index contributed by atoms with van der Waals surface area (Å²) in [5, 5.41) is 5.50. The topological polar surface area (TPSA) is 12.9 Å². The molecule has 3 rings (SSSR count). The van der Waals surface area contributed by atoms with Crippen LogP contribution in [0.4, 0.5) is 0 Å². The minimum atomic E-state index is -1.98. The first-order valence-electron chi connectivity index (χ1n) is 8.58. The molecule has 0 aliphatic carbocycles. The SMILES string of the molecule is CC(C)[Si](c1ccccn1)(c1cc2ccccc2cc1I)C(C)C. The number of rotatable bonds is 4. The van der Waals surface area contributed by atoms with Gasteiger partial charge in [-0.3, -0.25) is 4.98 Å². The Balaban J connectivity index is 2.36. The first-order valence-corrected chi connectivity index (χ1v) is 11.8. The van der Waals surface area contributed by atoms with Crippen molar-refractivity contribution >= 4 is 51.9 Å². The Morgan fingerprint density at radius 2 is 1.42 bits per heavy atom. The van der Waals surface area contributed by atoms with Gasteiger partial charge in [0.15, 0.2) is 0 Å². The van der Waals surface area contributed by atoms with E-state index in [1.54, 1.807) is 0 Å². The number of hydrogen-bond donors (Lipinski definition) is 0. The van der Waals surface area contributed by atoms with Crippen molar-refractivity contribution in [2.45, 2.75) is 38.8 Å². The van der Waals surface area contributed by atoms with Crippen LogP contribution in [0.25, 0.3) is 10.8 Å². The Bertz CT molecular complexity index is 835. The summed E-state index contributed by atoms with van der Waals surface area (Å²) < 4.78 is 1.38. The highest BCUT2D eigenvalue weighted by Crippen LogP contribution is 2.33. The molecule has 0 amide bonds. The summed E-state index contributed by atoms with van der Waals surface area (Å²) in [4.78, 5) is 4.85. The number of hydrogen-bond acceptors (Lipinski definition) is 1. The van der Waals surface area contributed by atoms with Gasteiger partial charge < -0.3 is 0 Å². The minimum Gasteiger partial charge on any atom is -0.266 e. The van der Waals surface area contributed by atoms with Crippen molar-refractivity contribution in [3.63, 3.8) is 0 Å². The lowest BCUT2D eigenvalue weighted by atomic mass is 10.1. The molecule has 1 nitrogen and oxygen atoms in total. The number of nitrogens with zero attached hydrogens (tertiary/aromatic N) is 1. The van der Waals surface area contributed by atoms with E-state index in [4.69, 9.17) is 4.98 Å². The Morgan fingerprint density at radius 1 is 0.833 bits per heavy atom.